The van der Waals surface area contributed by atoms with Gasteiger partial charge in [-0.3, -0.25) is 14.2 Å². The molecule has 0 bridgehead atoms. The Hall–Kier alpha value is -2.29. The van der Waals surface area contributed by atoms with Crippen LogP contribution in [0.1, 0.15) is 18.0 Å². The van der Waals surface area contributed by atoms with Crippen molar-refractivity contribution in [3.63, 3.8) is 0 Å². The number of halogens is 3. The van der Waals surface area contributed by atoms with E-state index in [9.17, 15) is 22.8 Å². The van der Waals surface area contributed by atoms with Crippen LogP contribution >= 0.6 is 11.8 Å². The Labute approximate surface area is 138 Å². The summed E-state index contributed by atoms with van der Waals surface area (Å²) in [7, 11) is 0. The highest BCUT2D eigenvalue weighted by atomic mass is 32.2. The van der Waals surface area contributed by atoms with Crippen molar-refractivity contribution in [1.29, 1.82) is 0 Å². The summed E-state index contributed by atoms with van der Waals surface area (Å²) in [6.07, 6.45) is 1.36. The number of carbonyl (C=O) groups is 1. The van der Waals surface area contributed by atoms with E-state index in [0.717, 1.165) is 12.1 Å². The van der Waals surface area contributed by atoms with Crippen molar-refractivity contribution in [1.82, 2.24) is 9.55 Å². The van der Waals surface area contributed by atoms with Gasteiger partial charge < -0.3 is 5.32 Å². The van der Waals surface area contributed by atoms with E-state index >= 15 is 0 Å². The number of rotatable bonds is 3. The minimum Gasteiger partial charge on any atom is -0.323 e. The molecule has 1 aromatic heterocycles. The van der Waals surface area contributed by atoms with E-state index in [1.54, 1.807) is 6.92 Å². The number of fused-ring (bicyclic) bond motifs is 1. The molecule has 1 aliphatic rings. The van der Waals surface area contributed by atoms with Gasteiger partial charge in [-0.1, -0.05) is 11.8 Å². The van der Waals surface area contributed by atoms with E-state index < -0.39 is 35.1 Å². The predicted molar refractivity (Wildman–Crippen MR) is 82.6 cm³/mol. The van der Waals surface area contributed by atoms with Crippen molar-refractivity contribution in [2.75, 3.05) is 11.1 Å². The van der Waals surface area contributed by atoms with Crippen molar-refractivity contribution in [2.45, 2.75) is 24.5 Å². The number of aromatic nitrogens is 2. The zero-order chi connectivity index (χ0) is 17.4. The van der Waals surface area contributed by atoms with Crippen molar-refractivity contribution in [3.05, 3.63) is 51.7 Å². The number of hydrogen-bond donors (Lipinski definition) is 1. The van der Waals surface area contributed by atoms with Gasteiger partial charge in [0.2, 0.25) is 5.91 Å². The third-order valence-electron chi connectivity index (χ3n) is 3.63. The van der Waals surface area contributed by atoms with E-state index in [-0.39, 0.29) is 12.0 Å². The number of amides is 1. The van der Waals surface area contributed by atoms with Gasteiger partial charge in [0.05, 0.1) is 11.7 Å². The number of anilines is 1. The molecular formula is C15H12F3N3O2S. The maximum absolute atomic E-state index is 13.6. The zero-order valence-corrected chi connectivity index (χ0v) is 13.3. The quantitative estimate of drug-likeness (QED) is 0.679. The maximum Gasteiger partial charge on any atom is 0.257 e. The lowest BCUT2D eigenvalue weighted by atomic mass is 10.2. The molecule has 0 fully saturated rings. The summed E-state index contributed by atoms with van der Waals surface area (Å²) >= 11 is 1.34. The minimum atomic E-state index is -1.65. The van der Waals surface area contributed by atoms with E-state index in [0.29, 0.717) is 16.5 Å². The molecule has 1 amide bonds. The molecule has 126 valence electrons. The molecule has 3 rings (SSSR count). The Morgan fingerprint density at radius 3 is 2.88 bits per heavy atom. The first kappa shape index (κ1) is 16.6. The number of benzene rings is 1. The molecule has 5 nitrogen and oxygen atoms in total. The van der Waals surface area contributed by atoms with E-state index in [4.69, 9.17) is 0 Å². The molecule has 0 saturated carbocycles. The van der Waals surface area contributed by atoms with Crippen LogP contribution in [-0.2, 0) is 4.79 Å². The van der Waals surface area contributed by atoms with Crippen LogP contribution in [0.3, 0.4) is 0 Å². The van der Waals surface area contributed by atoms with Crippen LogP contribution in [0.4, 0.5) is 18.9 Å². The number of nitrogens with one attached hydrogen (secondary N) is 1. The highest BCUT2D eigenvalue weighted by molar-refractivity contribution is 7.99. The van der Waals surface area contributed by atoms with Crippen molar-refractivity contribution in [2.24, 2.45) is 0 Å². The first-order valence-corrected chi connectivity index (χ1v) is 8.01. The number of hydrogen-bond acceptors (Lipinski definition) is 4. The summed E-state index contributed by atoms with van der Waals surface area (Å²) in [5.74, 6) is -4.57. The van der Waals surface area contributed by atoms with Crippen LogP contribution in [0.25, 0.3) is 0 Å². The Morgan fingerprint density at radius 2 is 2.12 bits per heavy atom. The molecule has 2 heterocycles. The average Bonchev–Trinajstić information content (AvgIpc) is 2.95. The van der Waals surface area contributed by atoms with E-state index in [2.05, 4.69) is 10.3 Å². The Bertz CT molecular complexity index is 885. The average molecular weight is 355 g/mol. The smallest absolute Gasteiger partial charge is 0.257 e. The standard InChI is InChI=1S/C15H12F3N3O2S/c1-7-5-19-15-21(14(7)23)8(6-24-15)4-11(22)20-10-3-2-9(16)12(17)13(10)18/h2-3,5,8H,4,6H2,1H3,(H,20,22). The number of aryl methyl sites for hydroxylation is 1. The molecule has 0 spiro atoms. The molecule has 0 radical (unpaired) electrons. The van der Waals surface area contributed by atoms with Gasteiger partial charge in [0, 0.05) is 23.9 Å². The Morgan fingerprint density at radius 1 is 1.38 bits per heavy atom. The second-order valence-corrected chi connectivity index (χ2v) is 6.33. The Balaban J connectivity index is 1.78. The molecule has 1 unspecified atom stereocenters. The lowest BCUT2D eigenvalue weighted by molar-refractivity contribution is -0.116. The number of thioether (sulfide) groups is 1. The van der Waals surface area contributed by atoms with Crippen molar-refractivity contribution >= 4 is 23.4 Å². The van der Waals surface area contributed by atoms with Gasteiger partial charge in [-0.05, 0) is 19.1 Å². The van der Waals surface area contributed by atoms with Gasteiger partial charge in [0.1, 0.15) is 0 Å². The Kier molecular flexibility index (Phi) is 4.35. The topological polar surface area (TPSA) is 64.0 Å². The lowest BCUT2D eigenvalue weighted by Crippen LogP contribution is -2.29. The fourth-order valence-electron chi connectivity index (χ4n) is 2.41. The number of carbonyl (C=O) groups excluding carboxylic acids is 1. The molecule has 1 aliphatic heterocycles. The maximum atomic E-state index is 13.6. The number of nitrogens with zero attached hydrogens (tertiary/aromatic N) is 2. The molecule has 2 aromatic rings. The van der Waals surface area contributed by atoms with E-state index in [1.165, 1.54) is 22.5 Å². The molecular weight excluding hydrogens is 343 g/mol. The summed E-state index contributed by atoms with van der Waals surface area (Å²) in [5, 5.41) is 2.72. The third kappa shape index (κ3) is 2.91. The molecule has 1 N–H and O–H groups in total. The first-order chi connectivity index (χ1) is 11.4. The molecule has 9 heteroatoms. The first-order valence-electron chi connectivity index (χ1n) is 7.02. The van der Waals surface area contributed by atoms with E-state index in [1.807, 2.05) is 0 Å². The highest BCUT2D eigenvalue weighted by Gasteiger charge is 2.28. The van der Waals surface area contributed by atoms with Crippen molar-refractivity contribution < 1.29 is 18.0 Å². The lowest BCUT2D eigenvalue weighted by Gasteiger charge is -2.14. The van der Waals surface area contributed by atoms with Gasteiger partial charge in [-0.2, -0.15) is 0 Å². The predicted octanol–water partition coefficient (Wildman–Crippen LogP) is 2.64. The van der Waals surface area contributed by atoms with Gasteiger partial charge in [0.25, 0.3) is 5.56 Å². The fraction of sp³-hybridized carbons (Fsp3) is 0.267. The largest absolute Gasteiger partial charge is 0.323 e. The SMILES string of the molecule is Cc1cnc2n(c1=O)C(CC(=O)Nc1ccc(F)c(F)c1F)CS2. The fourth-order valence-corrected chi connectivity index (χ4v) is 3.51. The van der Waals surface area contributed by atoms with Crippen LogP contribution < -0.4 is 10.9 Å². The second kappa shape index (κ2) is 6.31. The molecule has 1 aromatic carbocycles. The molecule has 24 heavy (non-hydrogen) atoms. The monoisotopic (exact) mass is 355 g/mol. The van der Waals surface area contributed by atoms with Crippen LogP contribution in [-0.4, -0.2) is 21.2 Å². The minimum absolute atomic E-state index is 0.108. The molecule has 1 atom stereocenters. The van der Waals surface area contributed by atoms with Crippen LogP contribution in [0.5, 0.6) is 0 Å². The summed E-state index contributed by atoms with van der Waals surface area (Å²) < 4.78 is 41.1. The summed E-state index contributed by atoms with van der Waals surface area (Å²) in [6, 6.07) is 1.24. The van der Waals surface area contributed by atoms with Crippen LogP contribution in [0.15, 0.2) is 28.3 Å². The molecule has 0 aliphatic carbocycles. The molecule has 0 saturated heterocycles. The van der Waals surface area contributed by atoms with Crippen LogP contribution in [0.2, 0.25) is 0 Å². The normalized spacial score (nSPS) is 16.1. The van der Waals surface area contributed by atoms with Gasteiger partial charge in [-0.25, -0.2) is 18.2 Å². The van der Waals surface area contributed by atoms with Gasteiger partial charge in [-0.15, -0.1) is 0 Å². The summed E-state index contributed by atoms with van der Waals surface area (Å²) in [6.45, 7) is 1.62. The summed E-state index contributed by atoms with van der Waals surface area (Å²) in [5.41, 5.74) is -0.223. The summed E-state index contributed by atoms with van der Waals surface area (Å²) in [4.78, 5) is 28.4. The highest BCUT2D eigenvalue weighted by Crippen LogP contribution is 2.32. The third-order valence-corrected chi connectivity index (χ3v) is 4.74. The zero-order valence-electron chi connectivity index (χ0n) is 12.5. The van der Waals surface area contributed by atoms with Gasteiger partial charge in [0.15, 0.2) is 22.6 Å². The second-order valence-electron chi connectivity index (χ2n) is 5.34. The van der Waals surface area contributed by atoms with Gasteiger partial charge >= 0.3 is 0 Å². The van der Waals surface area contributed by atoms with Crippen molar-refractivity contribution in [3.8, 4) is 0 Å². The van der Waals surface area contributed by atoms with Crippen LogP contribution in [0, 0.1) is 24.4 Å².